The summed E-state index contributed by atoms with van der Waals surface area (Å²) < 4.78 is 12.8. The standard InChI is InChI=1S/C14H21FN2OS/c1-10(11-4-6-12(15)7-5-11)17-13(18)8-19-9-14(2,3)16/h4-7,10H,8-9,16H2,1-3H3,(H,17,18). The van der Waals surface area contributed by atoms with Crippen LogP contribution in [0.4, 0.5) is 4.39 Å². The lowest BCUT2D eigenvalue weighted by atomic mass is 10.1. The van der Waals surface area contributed by atoms with Gasteiger partial charge in [0.15, 0.2) is 0 Å². The Labute approximate surface area is 118 Å². The van der Waals surface area contributed by atoms with Crippen molar-refractivity contribution in [2.45, 2.75) is 32.4 Å². The normalized spacial score (nSPS) is 13.1. The van der Waals surface area contributed by atoms with Crippen LogP contribution in [0.25, 0.3) is 0 Å². The molecule has 0 aliphatic rings. The molecule has 0 fully saturated rings. The maximum Gasteiger partial charge on any atom is 0.230 e. The second kappa shape index (κ2) is 6.91. The highest BCUT2D eigenvalue weighted by Crippen LogP contribution is 2.14. The number of carbonyl (C=O) groups excluding carboxylic acids is 1. The van der Waals surface area contributed by atoms with Crippen molar-refractivity contribution in [3.63, 3.8) is 0 Å². The maximum atomic E-state index is 12.8. The average Bonchev–Trinajstić information content (AvgIpc) is 2.27. The average molecular weight is 284 g/mol. The van der Waals surface area contributed by atoms with E-state index in [1.54, 1.807) is 12.1 Å². The minimum Gasteiger partial charge on any atom is -0.349 e. The lowest BCUT2D eigenvalue weighted by Gasteiger charge is -2.18. The summed E-state index contributed by atoms with van der Waals surface area (Å²) in [5.41, 5.74) is 6.46. The zero-order valence-electron chi connectivity index (χ0n) is 11.6. The number of thioether (sulfide) groups is 1. The van der Waals surface area contributed by atoms with Gasteiger partial charge in [0.25, 0.3) is 0 Å². The Morgan fingerprint density at radius 2 is 2.00 bits per heavy atom. The lowest BCUT2D eigenvalue weighted by Crippen LogP contribution is -2.36. The number of nitrogens with two attached hydrogens (primary N) is 1. The summed E-state index contributed by atoms with van der Waals surface area (Å²) in [6.45, 7) is 5.74. The number of carbonyl (C=O) groups is 1. The number of rotatable bonds is 6. The molecule has 0 spiro atoms. The number of hydrogen-bond donors (Lipinski definition) is 2. The maximum absolute atomic E-state index is 12.8. The highest BCUT2D eigenvalue weighted by atomic mass is 32.2. The first-order valence-corrected chi connectivity index (χ1v) is 7.35. The summed E-state index contributed by atoms with van der Waals surface area (Å²) in [6.07, 6.45) is 0. The summed E-state index contributed by atoms with van der Waals surface area (Å²) in [5, 5.41) is 2.88. The highest BCUT2D eigenvalue weighted by Gasteiger charge is 2.13. The smallest absolute Gasteiger partial charge is 0.230 e. The lowest BCUT2D eigenvalue weighted by molar-refractivity contribution is -0.119. The van der Waals surface area contributed by atoms with Crippen LogP contribution in [-0.2, 0) is 4.79 Å². The fourth-order valence-corrected chi connectivity index (χ4v) is 2.42. The Kier molecular flexibility index (Phi) is 5.82. The molecule has 1 aromatic rings. The molecule has 5 heteroatoms. The van der Waals surface area contributed by atoms with Crippen molar-refractivity contribution >= 4 is 17.7 Å². The third kappa shape index (κ3) is 6.59. The zero-order chi connectivity index (χ0) is 14.5. The number of halogens is 1. The molecule has 0 saturated carbocycles. The molecule has 0 aliphatic carbocycles. The van der Waals surface area contributed by atoms with Gasteiger partial charge >= 0.3 is 0 Å². The van der Waals surface area contributed by atoms with Crippen molar-refractivity contribution in [1.82, 2.24) is 5.32 Å². The summed E-state index contributed by atoms with van der Waals surface area (Å²) >= 11 is 1.51. The third-order valence-electron chi connectivity index (χ3n) is 2.45. The summed E-state index contributed by atoms with van der Waals surface area (Å²) in [6, 6.07) is 6.01. The van der Waals surface area contributed by atoms with Gasteiger partial charge in [-0.25, -0.2) is 4.39 Å². The van der Waals surface area contributed by atoms with Crippen molar-refractivity contribution < 1.29 is 9.18 Å². The third-order valence-corrected chi connectivity index (χ3v) is 3.87. The van der Waals surface area contributed by atoms with Gasteiger partial charge in [0.1, 0.15) is 5.82 Å². The number of amides is 1. The fourth-order valence-electron chi connectivity index (χ4n) is 1.52. The Morgan fingerprint density at radius 3 is 2.53 bits per heavy atom. The molecule has 0 aromatic heterocycles. The van der Waals surface area contributed by atoms with Gasteiger partial charge in [0.05, 0.1) is 11.8 Å². The van der Waals surface area contributed by atoms with Crippen LogP contribution in [0.2, 0.25) is 0 Å². The molecule has 1 rings (SSSR count). The predicted molar refractivity (Wildman–Crippen MR) is 78.5 cm³/mol. The topological polar surface area (TPSA) is 55.1 Å². The van der Waals surface area contributed by atoms with E-state index in [9.17, 15) is 9.18 Å². The van der Waals surface area contributed by atoms with Crippen LogP contribution in [0.5, 0.6) is 0 Å². The van der Waals surface area contributed by atoms with E-state index in [-0.39, 0.29) is 23.3 Å². The van der Waals surface area contributed by atoms with Gasteiger partial charge < -0.3 is 11.1 Å². The number of hydrogen-bond acceptors (Lipinski definition) is 3. The molecule has 0 saturated heterocycles. The zero-order valence-corrected chi connectivity index (χ0v) is 12.4. The van der Waals surface area contributed by atoms with Crippen LogP contribution < -0.4 is 11.1 Å². The van der Waals surface area contributed by atoms with Gasteiger partial charge in [-0.05, 0) is 38.5 Å². The van der Waals surface area contributed by atoms with E-state index < -0.39 is 0 Å². The van der Waals surface area contributed by atoms with Gasteiger partial charge in [-0.1, -0.05) is 12.1 Å². The van der Waals surface area contributed by atoms with E-state index in [1.807, 2.05) is 20.8 Å². The molecular formula is C14H21FN2OS. The second-order valence-corrected chi connectivity index (χ2v) is 6.31. The molecule has 0 heterocycles. The van der Waals surface area contributed by atoms with Crippen molar-refractivity contribution in [3.05, 3.63) is 35.6 Å². The second-order valence-electron chi connectivity index (χ2n) is 5.32. The van der Waals surface area contributed by atoms with Crippen LogP contribution >= 0.6 is 11.8 Å². The van der Waals surface area contributed by atoms with Gasteiger partial charge in [0, 0.05) is 11.3 Å². The molecule has 0 bridgehead atoms. The van der Waals surface area contributed by atoms with Crippen molar-refractivity contribution in [2.75, 3.05) is 11.5 Å². The highest BCUT2D eigenvalue weighted by molar-refractivity contribution is 8.00. The molecule has 1 atom stereocenters. The Morgan fingerprint density at radius 1 is 1.42 bits per heavy atom. The van der Waals surface area contributed by atoms with E-state index in [0.29, 0.717) is 5.75 Å². The first-order valence-electron chi connectivity index (χ1n) is 6.19. The van der Waals surface area contributed by atoms with Crippen molar-refractivity contribution in [1.29, 1.82) is 0 Å². The quantitative estimate of drug-likeness (QED) is 0.844. The van der Waals surface area contributed by atoms with E-state index in [2.05, 4.69) is 5.32 Å². The van der Waals surface area contributed by atoms with E-state index in [4.69, 9.17) is 5.73 Å². The Hall–Kier alpha value is -1.07. The van der Waals surface area contributed by atoms with Crippen LogP contribution in [0.15, 0.2) is 24.3 Å². The van der Waals surface area contributed by atoms with Gasteiger partial charge in [-0.3, -0.25) is 4.79 Å². The molecular weight excluding hydrogens is 263 g/mol. The number of benzene rings is 1. The summed E-state index contributed by atoms with van der Waals surface area (Å²) in [7, 11) is 0. The van der Waals surface area contributed by atoms with Gasteiger partial charge in [-0.2, -0.15) is 11.8 Å². The predicted octanol–water partition coefficient (Wildman–Crippen LogP) is 2.47. The van der Waals surface area contributed by atoms with E-state index >= 15 is 0 Å². The van der Waals surface area contributed by atoms with Gasteiger partial charge in [0.2, 0.25) is 5.91 Å². The monoisotopic (exact) mass is 284 g/mol. The van der Waals surface area contributed by atoms with Crippen LogP contribution in [0, 0.1) is 5.82 Å². The van der Waals surface area contributed by atoms with Gasteiger partial charge in [-0.15, -0.1) is 0 Å². The molecule has 0 aliphatic heterocycles. The first-order chi connectivity index (χ1) is 8.78. The SMILES string of the molecule is CC(NC(=O)CSCC(C)(C)N)c1ccc(F)cc1. The Balaban J connectivity index is 2.38. The van der Waals surface area contributed by atoms with Crippen LogP contribution in [-0.4, -0.2) is 23.0 Å². The molecule has 3 N–H and O–H groups in total. The van der Waals surface area contributed by atoms with E-state index in [0.717, 1.165) is 11.3 Å². The van der Waals surface area contributed by atoms with Crippen molar-refractivity contribution in [2.24, 2.45) is 5.73 Å². The van der Waals surface area contributed by atoms with Crippen LogP contribution in [0.1, 0.15) is 32.4 Å². The minimum absolute atomic E-state index is 0.0360. The molecule has 3 nitrogen and oxygen atoms in total. The minimum atomic E-state index is -0.275. The fraction of sp³-hybridized carbons (Fsp3) is 0.500. The first kappa shape index (κ1) is 16.0. The molecule has 0 radical (unpaired) electrons. The largest absolute Gasteiger partial charge is 0.349 e. The van der Waals surface area contributed by atoms with Crippen molar-refractivity contribution in [3.8, 4) is 0 Å². The molecule has 1 unspecified atom stereocenters. The molecule has 1 aromatic carbocycles. The van der Waals surface area contributed by atoms with E-state index in [1.165, 1.54) is 23.9 Å². The molecule has 19 heavy (non-hydrogen) atoms. The molecule has 106 valence electrons. The molecule has 1 amide bonds. The number of nitrogens with one attached hydrogen (secondary N) is 1. The summed E-state index contributed by atoms with van der Waals surface area (Å²) in [4.78, 5) is 11.7. The Bertz CT molecular complexity index is 414. The van der Waals surface area contributed by atoms with Crippen LogP contribution in [0.3, 0.4) is 0 Å². The summed E-state index contributed by atoms with van der Waals surface area (Å²) in [5.74, 6) is 0.798.